The highest BCUT2D eigenvalue weighted by Gasteiger charge is 2.18. The lowest BCUT2D eigenvalue weighted by atomic mass is 10.0. The summed E-state index contributed by atoms with van der Waals surface area (Å²) in [6, 6.07) is 2.19. The highest BCUT2D eigenvalue weighted by Crippen LogP contribution is 2.29. The second kappa shape index (κ2) is 11.4. The fourth-order valence-electron chi connectivity index (χ4n) is 2.71. The van der Waals surface area contributed by atoms with Gasteiger partial charge in [0.1, 0.15) is 6.07 Å². The number of nitrogens with one attached hydrogen (secondary N) is 1. The largest absolute Gasteiger partial charge is 0.323 e. The zero-order chi connectivity index (χ0) is 22.1. The third kappa shape index (κ3) is 6.34. The third-order valence-electron chi connectivity index (χ3n) is 4.10. The van der Waals surface area contributed by atoms with Crippen LogP contribution in [0.1, 0.15) is 51.2 Å². The predicted molar refractivity (Wildman–Crippen MR) is 125 cm³/mol. The van der Waals surface area contributed by atoms with Crippen LogP contribution in [-0.2, 0) is 0 Å². The van der Waals surface area contributed by atoms with Crippen LogP contribution in [0, 0.1) is 18.3 Å². The van der Waals surface area contributed by atoms with Crippen molar-refractivity contribution in [2.75, 3.05) is 13.1 Å². The highest BCUT2D eigenvalue weighted by molar-refractivity contribution is 7.18. The van der Waals surface area contributed by atoms with Crippen molar-refractivity contribution in [3.8, 4) is 6.07 Å². The monoisotopic (exact) mass is 422 g/mol. The number of fused-ring (bicyclic) bond motifs is 1. The smallest absolute Gasteiger partial charge is 0.189 e. The minimum Gasteiger partial charge on any atom is -0.323 e. The number of rotatable bonds is 6. The van der Waals surface area contributed by atoms with Crippen LogP contribution in [-0.4, -0.2) is 32.9 Å². The molecule has 3 rings (SSSR count). The number of aryl methyl sites for hydroxylation is 1. The van der Waals surface area contributed by atoms with Gasteiger partial charge in [-0.25, -0.2) is 15.0 Å². The van der Waals surface area contributed by atoms with Crippen molar-refractivity contribution in [2.45, 2.75) is 47.5 Å². The number of thiazole rings is 1. The van der Waals surface area contributed by atoms with E-state index in [0.717, 1.165) is 21.0 Å². The van der Waals surface area contributed by atoms with E-state index in [2.05, 4.69) is 46.8 Å². The summed E-state index contributed by atoms with van der Waals surface area (Å²) in [7, 11) is 0. The minimum atomic E-state index is 0.516. The lowest BCUT2D eigenvalue weighted by molar-refractivity contribution is 0.637. The summed E-state index contributed by atoms with van der Waals surface area (Å²) >= 11 is 1.51. The maximum Gasteiger partial charge on any atom is 0.189 e. The van der Waals surface area contributed by atoms with Crippen molar-refractivity contribution in [1.82, 2.24) is 25.2 Å². The quantitative estimate of drug-likeness (QED) is 0.634. The molecule has 0 unspecified atom stereocenters. The fourth-order valence-corrected chi connectivity index (χ4v) is 3.46. The summed E-state index contributed by atoms with van der Waals surface area (Å²) < 4.78 is 0. The van der Waals surface area contributed by atoms with Gasteiger partial charge in [-0.15, -0.1) is 0 Å². The molecule has 0 aliphatic carbocycles. The molecule has 0 radical (unpaired) electrons. The molecule has 0 saturated carbocycles. The average Bonchev–Trinajstić information content (AvgIpc) is 3.09. The third-order valence-corrected chi connectivity index (χ3v) is 4.95. The molecule has 7 heteroatoms. The normalized spacial score (nSPS) is 13.2. The van der Waals surface area contributed by atoms with Crippen molar-refractivity contribution in [2.24, 2.45) is 0 Å². The molecule has 0 aromatic carbocycles. The number of nitrogens with zero attached hydrogens (tertiary/aromatic N) is 5. The number of hydrogen-bond acceptors (Lipinski definition) is 7. The summed E-state index contributed by atoms with van der Waals surface area (Å²) in [5.74, 6) is 0. The molecular formula is C23H30N6S. The topological polar surface area (TPSA) is 77.7 Å². The van der Waals surface area contributed by atoms with Crippen LogP contribution in [0.2, 0.25) is 0 Å². The Kier molecular flexibility index (Phi) is 8.90. The van der Waals surface area contributed by atoms with Gasteiger partial charge in [-0.3, -0.25) is 0 Å². The second-order valence-corrected chi connectivity index (χ2v) is 8.36. The van der Waals surface area contributed by atoms with E-state index in [9.17, 15) is 5.26 Å². The molecule has 2 aromatic heterocycles. The number of nitriles is 1. The van der Waals surface area contributed by atoms with E-state index in [0.29, 0.717) is 22.6 Å². The summed E-state index contributed by atoms with van der Waals surface area (Å²) in [4.78, 5) is 16.0. The predicted octanol–water partition coefficient (Wildman–Crippen LogP) is 5.33. The molecule has 0 fully saturated rings. The van der Waals surface area contributed by atoms with Crippen LogP contribution in [0.4, 0.5) is 0 Å². The molecular weight excluding hydrogens is 392 g/mol. The van der Waals surface area contributed by atoms with Gasteiger partial charge in [-0.05, 0) is 52.8 Å². The van der Waals surface area contributed by atoms with Gasteiger partial charge >= 0.3 is 0 Å². The molecule has 30 heavy (non-hydrogen) atoms. The maximum absolute atomic E-state index is 9.36. The molecule has 0 amide bonds. The van der Waals surface area contributed by atoms with Crippen molar-refractivity contribution in [3.63, 3.8) is 0 Å². The molecule has 2 aromatic rings. The molecule has 1 aliphatic rings. The van der Waals surface area contributed by atoms with Gasteiger partial charge in [0.25, 0.3) is 0 Å². The van der Waals surface area contributed by atoms with Crippen molar-refractivity contribution in [1.29, 1.82) is 5.26 Å². The standard InChI is InChI=1S/C17H15N5S.C6H15N/c1-10(2)8-22-9-14(5-13(6-18)11(22)3)15-7-19-16-17(21-15)23-12(4)20-16;1-3-5-7-6-4-2/h5,7-9H,3H2,1-2,4H3;7H,3-6H2,1-2H3. The summed E-state index contributed by atoms with van der Waals surface area (Å²) in [5.41, 5.74) is 4.48. The van der Waals surface area contributed by atoms with Gasteiger partial charge in [0.2, 0.25) is 0 Å². The highest BCUT2D eigenvalue weighted by atomic mass is 32.1. The zero-order valence-electron chi connectivity index (χ0n) is 18.5. The van der Waals surface area contributed by atoms with E-state index in [1.807, 2.05) is 38.1 Å². The minimum absolute atomic E-state index is 0.516. The number of aromatic nitrogens is 3. The van der Waals surface area contributed by atoms with Gasteiger partial charge in [0, 0.05) is 18.0 Å². The number of hydrogen-bond donors (Lipinski definition) is 1. The first-order chi connectivity index (χ1) is 14.4. The first-order valence-corrected chi connectivity index (χ1v) is 11.0. The van der Waals surface area contributed by atoms with Gasteiger partial charge < -0.3 is 10.2 Å². The Labute approximate surface area is 183 Å². The molecule has 0 bridgehead atoms. The summed E-state index contributed by atoms with van der Waals surface area (Å²) in [5, 5.41) is 13.6. The van der Waals surface area contributed by atoms with Gasteiger partial charge in [-0.2, -0.15) is 5.26 Å². The fraction of sp³-hybridized carbons (Fsp3) is 0.391. The van der Waals surface area contributed by atoms with E-state index in [1.165, 1.54) is 37.3 Å². The Hall–Kier alpha value is -2.82. The SMILES string of the molecule is C=C1C(C#N)=CC(c2cnc3nc(C)sc3n2)=CN1C=C(C)C.CCCNCCC. The Morgan fingerprint density at radius 3 is 2.57 bits per heavy atom. The Balaban J connectivity index is 0.000000396. The lowest BCUT2D eigenvalue weighted by Crippen LogP contribution is -2.15. The first kappa shape index (κ1) is 23.5. The van der Waals surface area contributed by atoms with E-state index >= 15 is 0 Å². The number of allylic oxidation sites excluding steroid dienone is 4. The average molecular weight is 423 g/mol. The van der Waals surface area contributed by atoms with E-state index in [4.69, 9.17) is 0 Å². The van der Waals surface area contributed by atoms with Gasteiger partial charge in [0.05, 0.1) is 28.2 Å². The molecule has 158 valence electrons. The molecule has 3 heterocycles. The van der Waals surface area contributed by atoms with E-state index < -0.39 is 0 Å². The van der Waals surface area contributed by atoms with Crippen LogP contribution in [0.25, 0.3) is 16.1 Å². The maximum atomic E-state index is 9.36. The second-order valence-electron chi connectivity index (χ2n) is 7.18. The van der Waals surface area contributed by atoms with E-state index in [-0.39, 0.29) is 0 Å². The van der Waals surface area contributed by atoms with Crippen LogP contribution >= 0.6 is 11.3 Å². The van der Waals surface area contributed by atoms with Crippen LogP contribution in [0.5, 0.6) is 0 Å². The molecule has 0 spiro atoms. The van der Waals surface area contributed by atoms with Crippen LogP contribution in [0.15, 0.2) is 48.1 Å². The van der Waals surface area contributed by atoms with Crippen LogP contribution in [0.3, 0.4) is 0 Å². The molecule has 1 aliphatic heterocycles. The van der Waals surface area contributed by atoms with Gasteiger partial charge in [0.15, 0.2) is 10.5 Å². The van der Waals surface area contributed by atoms with Crippen molar-refractivity contribution >= 4 is 27.4 Å². The Morgan fingerprint density at radius 1 is 1.27 bits per heavy atom. The molecule has 0 saturated heterocycles. The van der Waals surface area contributed by atoms with Gasteiger partial charge in [-0.1, -0.05) is 37.3 Å². The van der Waals surface area contributed by atoms with Crippen molar-refractivity contribution < 1.29 is 0 Å². The zero-order valence-corrected chi connectivity index (χ0v) is 19.3. The van der Waals surface area contributed by atoms with Crippen molar-refractivity contribution in [3.05, 3.63) is 58.8 Å². The first-order valence-electron chi connectivity index (χ1n) is 10.2. The summed E-state index contributed by atoms with van der Waals surface area (Å²) in [6.07, 6.45) is 9.84. The molecule has 6 nitrogen and oxygen atoms in total. The van der Waals surface area contributed by atoms with E-state index in [1.54, 1.807) is 12.3 Å². The Bertz CT molecular complexity index is 1010. The van der Waals surface area contributed by atoms with Crippen LogP contribution < -0.4 is 5.32 Å². The lowest BCUT2D eigenvalue weighted by Gasteiger charge is -2.24. The molecule has 0 atom stereocenters. The molecule has 1 N–H and O–H groups in total. The summed E-state index contributed by atoms with van der Waals surface area (Å²) in [6.45, 7) is 16.6. The Morgan fingerprint density at radius 2 is 1.97 bits per heavy atom.